The van der Waals surface area contributed by atoms with Crippen molar-refractivity contribution in [3.8, 4) is 11.5 Å². The number of carbonyl (C=O) groups is 1. The molecule has 0 aromatic heterocycles. The lowest BCUT2D eigenvalue weighted by atomic mass is 10.1. The van der Waals surface area contributed by atoms with Crippen molar-refractivity contribution in [3.05, 3.63) is 58.2 Å². The van der Waals surface area contributed by atoms with Crippen molar-refractivity contribution in [2.24, 2.45) is 4.99 Å². The zero-order valence-electron chi connectivity index (χ0n) is 14.5. The van der Waals surface area contributed by atoms with Crippen molar-refractivity contribution >= 4 is 34.6 Å². The quantitative estimate of drug-likeness (QED) is 0.823. The minimum absolute atomic E-state index is 0.244. The van der Waals surface area contributed by atoms with E-state index in [1.54, 1.807) is 32.4 Å². The second kappa shape index (κ2) is 7.61. The molecule has 1 heterocycles. The highest BCUT2D eigenvalue weighted by Crippen LogP contribution is 2.35. The molecule has 2 aromatic rings. The number of hydrogen-bond donors (Lipinski definition) is 1. The van der Waals surface area contributed by atoms with Crippen LogP contribution in [0.4, 0.5) is 10.1 Å². The SMILES string of the molecule is COc1ccc(/C=C2/SC(=Nc3ccc(F)cc3)NC2=O)c(OC)c1C. The fourth-order valence-corrected chi connectivity index (χ4v) is 3.39. The van der Waals surface area contributed by atoms with E-state index in [1.165, 1.54) is 23.9 Å². The maximum absolute atomic E-state index is 13.0. The van der Waals surface area contributed by atoms with E-state index in [0.29, 0.717) is 27.3 Å². The molecule has 1 saturated heterocycles. The van der Waals surface area contributed by atoms with Gasteiger partial charge < -0.3 is 14.8 Å². The van der Waals surface area contributed by atoms with Crippen molar-refractivity contribution in [2.45, 2.75) is 6.92 Å². The van der Waals surface area contributed by atoms with Crippen molar-refractivity contribution in [2.75, 3.05) is 14.2 Å². The number of benzene rings is 2. The number of halogens is 1. The van der Waals surface area contributed by atoms with Crippen molar-refractivity contribution < 1.29 is 18.7 Å². The number of amides is 1. The summed E-state index contributed by atoms with van der Waals surface area (Å²) >= 11 is 1.22. The highest BCUT2D eigenvalue weighted by Gasteiger charge is 2.24. The molecule has 0 bridgehead atoms. The fraction of sp³-hybridized carbons (Fsp3) is 0.158. The summed E-state index contributed by atoms with van der Waals surface area (Å²) in [7, 11) is 3.17. The monoisotopic (exact) mass is 372 g/mol. The van der Waals surface area contributed by atoms with Gasteiger partial charge in [0.05, 0.1) is 24.8 Å². The van der Waals surface area contributed by atoms with Crippen LogP contribution in [0.25, 0.3) is 6.08 Å². The van der Waals surface area contributed by atoms with E-state index in [2.05, 4.69) is 10.3 Å². The number of ether oxygens (including phenoxy) is 2. The molecule has 1 amide bonds. The highest BCUT2D eigenvalue weighted by molar-refractivity contribution is 8.18. The molecule has 0 atom stereocenters. The molecule has 5 nitrogen and oxygen atoms in total. The number of hydrogen-bond acceptors (Lipinski definition) is 5. The van der Waals surface area contributed by atoms with Gasteiger partial charge in [0.2, 0.25) is 0 Å². The summed E-state index contributed by atoms with van der Waals surface area (Å²) in [5, 5.41) is 3.15. The fourth-order valence-electron chi connectivity index (χ4n) is 2.55. The van der Waals surface area contributed by atoms with Gasteiger partial charge in [0.15, 0.2) is 5.17 Å². The molecule has 0 saturated carbocycles. The average Bonchev–Trinajstić information content (AvgIpc) is 2.96. The molecule has 7 heteroatoms. The summed E-state index contributed by atoms with van der Waals surface area (Å²) in [5.41, 5.74) is 2.19. The van der Waals surface area contributed by atoms with Crippen LogP contribution in [0.15, 0.2) is 46.3 Å². The lowest BCUT2D eigenvalue weighted by Crippen LogP contribution is -2.19. The molecule has 0 unspecified atom stereocenters. The Bertz CT molecular complexity index is 908. The number of nitrogens with zero attached hydrogens (tertiary/aromatic N) is 1. The molecule has 26 heavy (non-hydrogen) atoms. The maximum atomic E-state index is 13.0. The number of thioether (sulfide) groups is 1. The lowest BCUT2D eigenvalue weighted by molar-refractivity contribution is -0.115. The predicted molar refractivity (Wildman–Crippen MR) is 101 cm³/mol. The van der Waals surface area contributed by atoms with E-state index in [4.69, 9.17) is 9.47 Å². The normalized spacial score (nSPS) is 16.8. The number of carbonyl (C=O) groups excluding carboxylic acids is 1. The van der Waals surface area contributed by atoms with Gasteiger partial charge in [-0.25, -0.2) is 9.38 Å². The first kappa shape index (κ1) is 18.0. The highest BCUT2D eigenvalue weighted by atomic mass is 32.2. The Labute approximate surface area is 154 Å². The lowest BCUT2D eigenvalue weighted by Gasteiger charge is -2.12. The van der Waals surface area contributed by atoms with Gasteiger partial charge in [0.25, 0.3) is 5.91 Å². The van der Waals surface area contributed by atoms with Gasteiger partial charge in [-0.15, -0.1) is 0 Å². The van der Waals surface area contributed by atoms with Crippen molar-refractivity contribution in [3.63, 3.8) is 0 Å². The number of amidine groups is 1. The Morgan fingerprint density at radius 1 is 1.12 bits per heavy atom. The van der Waals surface area contributed by atoms with E-state index in [9.17, 15) is 9.18 Å². The number of aliphatic imine (C=N–C) groups is 1. The van der Waals surface area contributed by atoms with Crippen LogP contribution in [0.1, 0.15) is 11.1 Å². The van der Waals surface area contributed by atoms with Crippen LogP contribution < -0.4 is 14.8 Å². The topological polar surface area (TPSA) is 59.9 Å². The van der Waals surface area contributed by atoms with Gasteiger partial charge in [-0.3, -0.25) is 4.79 Å². The van der Waals surface area contributed by atoms with E-state index in [0.717, 1.165) is 11.1 Å². The van der Waals surface area contributed by atoms with Crippen molar-refractivity contribution in [1.82, 2.24) is 5.32 Å². The van der Waals surface area contributed by atoms with E-state index >= 15 is 0 Å². The number of methoxy groups -OCH3 is 2. The second-order valence-corrected chi connectivity index (χ2v) is 6.50. The first-order valence-corrected chi connectivity index (χ1v) is 8.60. The zero-order valence-corrected chi connectivity index (χ0v) is 15.3. The Kier molecular flexibility index (Phi) is 5.27. The van der Waals surface area contributed by atoms with E-state index in [-0.39, 0.29) is 11.7 Å². The Hall–Kier alpha value is -2.80. The van der Waals surface area contributed by atoms with E-state index < -0.39 is 0 Å². The molecule has 1 aliphatic rings. The molecule has 2 aromatic carbocycles. The van der Waals surface area contributed by atoms with Crippen LogP contribution in [0, 0.1) is 12.7 Å². The van der Waals surface area contributed by atoms with Crippen LogP contribution in [-0.2, 0) is 4.79 Å². The average molecular weight is 372 g/mol. The Morgan fingerprint density at radius 3 is 2.50 bits per heavy atom. The summed E-state index contributed by atoms with van der Waals surface area (Å²) in [6.45, 7) is 1.89. The van der Waals surface area contributed by atoms with Crippen molar-refractivity contribution in [1.29, 1.82) is 0 Å². The molecule has 1 fully saturated rings. The molecule has 0 spiro atoms. The molecule has 0 radical (unpaired) electrons. The summed E-state index contributed by atoms with van der Waals surface area (Å²) in [5.74, 6) is 0.784. The molecular formula is C19H17FN2O3S. The first-order chi connectivity index (χ1) is 12.5. The first-order valence-electron chi connectivity index (χ1n) is 7.78. The molecule has 3 rings (SSSR count). The third-order valence-electron chi connectivity index (χ3n) is 3.81. The van der Waals surface area contributed by atoms with Gasteiger partial charge in [-0.05, 0) is 61.2 Å². The van der Waals surface area contributed by atoms with Gasteiger partial charge in [0.1, 0.15) is 17.3 Å². The molecule has 134 valence electrons. The van der Waals surface area contributed by atoms with E-state index in [1.807, 2.05) is 19.1 Å². The van der Waals surface area contributed by atoms with Crippen LogP contribution in [0.5, 0.6) is 11.5 Å². The van der Waals surface area contributed by atoms with Gasteiger partial charge in [0, 0.05) is 11.1 Å². The van der Waals surface area contributed by atoms with Crippen LogP contribution in [0.2, 0.25) is 0 Å². The zero-order chi connectivity index (χ0) is 18.7. The number of rotatable bonds is 4. The van der Waals surface area contributed by atoms with Gasteiger partial charge in [-0.1, -0.05) is 0 Å². The summed E-state index contributed by atoms with van der Waals surface area (Å²) < 4.78 is 23.7. The molecule has 1 N–H and O–H groups in total. The standard InChI is InChI=1S/C19H17FN2O3S/c1-11-15(24-2)9-4-12(17(11)25-3)10-16-18(23)22-19(26-16)21-14-7-5-13(20)6-8-14/h4-10H,1-3H3,(H,21,22,23)/b16-10+. The third kappa shape index (κ3) is 3.72. The maximum Gasteiger partial charge on any atom is 0.264 e. The predicted octanol–water partition coefficient (Wildman–Crippen LogP) is 4.04. The summed E-state index contributed by atoms with van der Waals surface area (Å²) in [4.78, 5) is 17.0. The van der Waals surface area contributed by atoms with Crippen LogP contribution in [-0.4, -0.2) is 25.3 Å². The van der Waals surface area contributed by atoms with Gasteiger partial charge >= 0.3 is 0 Å². The summed E-state index contributed by atoms with van der Waals surface area (Å²) in [6.07, 6.45) is 1.75. The molecular weight excluding hydrogens is 355 g/mol. The Morgan fingerprint density at radius 2 is 1.85 bits per heavy atom. The van der Waals surface area contributed by atoms with Gasteiger partial charge in [-0.2, -0.15) is 0 Å². The Balaban J connectivity index is 1.89. The number of nitrogens with one attached hydrogen (secondary N) is 1. The molecule has 1 aliphatic heterocycles. The smallest absolute Gasteiger partial charge is 0.264 e. The minimum atomic E-state index is -0.334. The largest absolute Gasteiger partial charge is 0.496 e. The molecule has 0 aliphatic carbocycles. The second-order valence-electron chi connectivity index (χ2n) is 5.47. The van der Waals surface area contributed by atoms with Crippen LogP contribution in [0.3, 0.4) is 0 Å². The minimum Gasteiger partial charge on any atom is -0.496 e. The summed E-state index contributed by atoms with van der Waals surface area (Å²) in [6, 6.07) is 9.40. The van der Waals surface area contributed by atoms with Crippen LogP contribution >= 0.6 is 11.8 Å². The third-order valence-corrected chi connectivity index (χ3v) is 4.72.